The number of amides is 2. The lowest BCUT2D eigenvalue weighted by Crippen LogP contribution is -2.44. The number of rotatable bonds is 7. The Morgan fingerprint density at radius 3 is 2.44 bits per heavy atom. The number of benzene rings is 2. The third kappa shape index (κ3) is 5.40. The summed E-state index contributed by atoms with van der Waals surface area (Å²) in [6.07, 6.45) is 7.90. The Kier molecular flexibility index (Phi) is 8.05. The number of ether oxygens (including phenoxy) is 1. The van der Waals surface area contributed by atoms with Crippen LogP contribution in [0.15, 0.2) is 40.8 Å². The van der Waals surface area contributed by atoms with E-state index in [4.69, 9.17) is 9.15 Å². The first-order valence-corrected chi connectivity index (χ1v) is 19.1. The highest BCUT2D eigenvalue weighted by Gasteiger charge is 2.64. The maximum absolute atomic E-state index is 14.8. The van der Waals surface area contributed by atoms with Gasteiger partial charge in [-0.3, -0.25) is 9.59 Å². The molecule has 2 atom stereocenters. The van der Waals surface area contributed by atoms with Gasteiger partial charge < -0.3 is 18.6 Å². The van der Waals surface area contributed by atoms with Gasteiger partial charge in [0.25, 0.3) is 5.91 Å². The molecule has 3 fully saturated rings. The molecule has 2 aliphatic heterocycles. The summed E-state index contributed by atoms with van der Waals surface area (Å²) < 4.78 is 42.1. The van der Waals surface area contributed by atoms with Crippen molar-refractivity contribution in [1.82, 2.24) is 28.7 Å². The first-order chi connectivity index (χ1) is 24.0. The normalized spacial score (nSPS) is 22.5. The van der Waals surface area contributed by atoms with Gasteiger partial charge >= 0.3 is 10.2 Å². The molecule has 13 heteroatoms. The number of likely N-dealkylation sites (tertiary alicyclic amines) is 1. The van der Waals surface area contributed by atoms with Crippen molar-refractivity contribution in [3.8, 4) is 17.0 Å². The highest BCUT2D eigenvalue weighted by molar-refractivity contribution is 7.87. The Balaban J connectivity index is 1.24. The molecule has 4 aromatic rings. The summed E-state index contributed by atoms with van der Waals surface area (Å²) in [5.74, 6) is 1.89. The maximum atomic E-state index is 14.8. The number of methoxy groups -OCH3 is 1. The molecule has 4 aliphatic rings. The van der Waals surface area contributed by atoms with Crippen LogP contribution >= 0.6 is 0 Å². The average Bonchev–Trinajstić information content (AvgIpc) is 3.58. The van der Waals surface area contributed by atoms with Crippen LogP contribution in [0, 0.1) is 12.3 Å². The monoisotopic (exact) mass is 700 g/mol. The van der Waals surface area contributed by atoms with E-state index in [9.17, 15) is 18.0 Å². The van der Waals surface area contributed by atoms with E-state index in [1.807, 2.05) is 23.1 Å². The average molecular weight is 701 g/mol. The van der Waals surface area contributed by atoms with Gasteiger partial charge in [-0.1, -0.05) is 25.3 Å². The predicted octanol–water partition coefficient (Wildman–Crippen LogP) is 5.49. The molecule has 12 nitrogen and oxygen atoms in total. The smallest absolute Gasteiger partial charge is 0.303 e. The number of aryl methyl sites for hydroxylation is 1. The van der Waals surface area contributed by atoms with Gasteiger partial charge in [-0.25, -0.2) is 4.72 Å². The van der Waals surface area contributed by atoms with Gasteiger partial charge in [0.2, 0.25) is 17.7 Å². The van der Waals surface area contributed by atoms with E-state index in [1.165, 1.54) is 26.1 Å². The van der Waals surface area contributed by atoms with E-state index in [1.54, 1.807) is 20.1 Å². The van der Waals surface area contributed by atoms with Crippen LogP contribution in [0.4, 0.5) is 0 Å². The molecule has 8 rings (SSSR count). The number of hydrogen-bond acceptors (Lipinski definition) is 8. The Bertz CT molecular complexity index is 2110. The molecule has 2 aromatic carbocycles. The summed E-state index contributed by atoms with van der Waals surface area (Å²) in [6.45, 7) is 3.49. The molecule has 0 bridgehead atoms. The number of carbonyl (C=O) groups is 2. The minimum atomic E-state index is -3.99. The van der Waals surface area contributed by atoms with E-state index in [2.05, 4.69) is 31.6 Å². The number of piperidine rings is 1. The highest BCUT2D eigenvalue weighted by atomic mass is 32.2. The number of fused-ring (bicyclic) bond motifs is 7. The van der Waals surface area contributed by atoms with Crippen LogP contribution in [0.25, 0.3) is 22.2 Å². The van der Waals surface area contributed by atoms with Gasteiger partial charge in [-0.05, 0) is 79.5 Å². The summed E-state index contributed by atoms with van der Waals surface area (Å²) in [7, 11) is 0.449. The molecule has 1 saturated heterocycles. The topological polar surface area (TPSA) is 140 Å². The molecular formula is C37H44N6O6S. The molecule has 2 amide bonds. The van der Waals surface area contributed by atoms with E-state index in [-0.39, 0.29) is 23.3 Å². The van der Waals surface area contributed by atoms with Gasteiger partial charge in [-0.15, -0.1) is 10.2 Å². The molecule has 2 unspecified atom stereocenters. The van der Waals surface area contributed by atoms with E-state index in [0.717, 1.165) is 76.3 Å². The van der Waals surface area contributed by atoms with Crippen LogP contribution in [-0.2, 0) is 21.5 Å². The fourth-order valence-electron chi connectivity index (χ4n) is 8.81. The van der Waals surface area contributed by atoms with Gasteiger partial charge in [0.1, 0.15) is 5.75 Å². The number of carbonyl (C=O) groups excluding carboxylic acids is 2. The third-order valence-corrected chi connectivity index (χ3v) is 13.0. The van der Waals surface area contributed by atoms with Crippen molar-refractivity contribution in [1.29, 1.82) is 0 Å². The third-order valence-electron chi connectivity index (χ3n) is 11.6. The van der Waals surface area contributed by atoms with Crippen molar-refractivity contribution in [2.24, 2.45) is 5.41 Å². The molecule has 4 heterocycles. The molecule has 0 spiro atoms. The molecule has 0 radical (unpaired) electrons. The lowest BCUT2D eigenvalue weighted by Gasteiger charge is -2.34. The molecular weight excluding hydrogens is 657 g/mol. The lowest BCUT2D eigenvalue weighted by atomic mass is 9.81. The van der Waals surface area contributed by atoms with Crippen molar-refractivity contribution in [3.63, 3.8) is 0 Å². The van der Waals surface area contributed by atoms with Crippen molar-refractivity contribution in [2.45, 2.75) is 82.6 Å². The van der Waals surface area contributed by atoms with E-state index in [0.29, 0.717) is 43.8 Å². The summed E-state index contributed by atoms with van der Waals surface area (Å²) in [5, 5.41) is 9.31. The highest BCUT2D eigenvalue weighted by Crippen LogP contribution is 2.66. The first kappa shape index (κ1) is 32.9. The van der Waals surface area contributed by atoms with Crippen LogP contribution in [0.1, 0.15) is 102 Å². The van der Waals surface area contributed by atoms with Crippen LogP contribution in [0.3, 0.4) is 0 Å². The van der Waals surface area contributed by atoms with Gasteiger partial charge in [0.15, 0.2) is 0 Å². The SMILES string of the molecule is COc1ccc2c(c1)C1CC1(C(=O)N1CCC(c3nnc(C)o3)CC1)Cn1c-2c(C2CCCCC2)c2ccc(C(=O)NS(=O)(=O)N(C)C)cc21. The zero-order valence-electron chi connectivity index (χ0n) is 29.1. The molecule has 50 heavy (non-hydrogen) atoms. The van der Waals surface area contributed by atoms with Crippen LogP contribution in [-0.4, -0.2) is 78.5 Å². The lowest BCUT2D eigenvalue weighted by molar-refractivity contribution is -0.139. The number of hydrogen-bond donors (Lipinski definition) is 1. The Morgan fingerprint density at radius 1 is 1.00 bits per heavy atom. The summed E-state index contributed by atoms with van der Waals surface area (Å²) in [5.41, 5.74) is 5.04. The molecule has 2 aromatic heterocycles. The van der Waals surface area contributed by atoms with Crippen molar-refractivity contribution >= 4 is 32.9 Å². The second-order valence-corrected chi connectivity index (χ2v) is 16.6. The minimum absolute atomic E-state index is 0.0160. The minimum Gasteiger partial charge on any atom is -0.497 e. The summed E-state index contributed by atoms with van der Waals surface area (Å²) >= 11 is 0. The largest absolute Gasteiger partial charge is 0.497 e. The second-order valence-electron chi connectivity index (χ2n) is 14.7. The van der Waals surface area contributed by atoms with Gasteiger partial charge in [0, 0.05) is 74.5 Å². The fraction of sp³-hybridized carbons (Fsp3) is 0.514. The van der Waals surface area contributed by atoms with E-state index >= 15 is 0 Å². The fourth-order valence-corrected chi connectivity index (χ4v) is 9.35. The number of aromatic nitrogens is 3. The number of nitrogens with one attached hydrogen (secondary N) is 1. The molecule has 2 aliphatic carbocycles. The molecule has 1 N–H and O–H groups in total. The Morgan fingerprint density at radius 2 is 1.76 bits per heavy atom. The van der Waals surface area contributed by atoms with Crippen molar-refractivity contribution in [3.05, 3.63) is 64.9 Å². The van der Waals surface area contributed by atoms with Crippen molar-refractivity contribution < 1.29 is 27.2 Å². The van der Waals surface area contributed by atoms with Crippen LogP contribution in [0.2, 0.25) is 0 Å². The Labute approximate surface area is 292 Å². The standard InChI is InChI=1S/C37H44N6O6S/c1-22-38-39-35(49-22)24-14-16-42(17-15-24)36(45)37-20-30(37)29-19-26(48-4)11-13-27(29)33-32(23-8-6-5-7-9-23)28-12-10-25(18-31(28)43(33)21-37)34(44)40-50(46,47)41(2)3/h10-13,18-19,23-24,30H,5-9,14-17,20-21H2,1-4H3,(H,40,44). The summed E-state index contributed by atoms with van der Waals surface area (Å²) in [6, 6.07) is 11.8. The zero-order chi connectivity index (χ0) is 34.9. The molecule has 2 saturated carbocycles. The Hall–Kier alpha value is -4.23. The number of nitrogens with zero attached hydrogens (tertiary/aromatic N) is 5. The molecule has 264 valence electrons. The van der Waals surface area contributed by atoms with Crippen LogP contribution < -0.4 is 9.46 Å². The maximum Gasteiger partial charge on any atom is 0.303 e. The zero-order valence-corrected chi connectivity index (χ0v) is 29.9. The predicted molar refractivity (Wildman–Crippen MR) is 187 cm³/mol. The summed E-state index contributed by atoms with van der Waals surface area (Å²) in [4.78, 5) is 30.2. The van der Waals surface area contributed by atoms with Crippen molar-refractivity contribution in [2.75, 3.05) is 34.3 Å². The van der Waals surface area contributed by atoms with Crippen LogP contribution in [0.5, 0.6) is 5.75 Å². The van der Waals surface area contributed by atoms with E-state index < -0.39 is 21.5 Å². The van der Waals surface area contributed by atoms with Gasteiger partial charge in [-0.2, -0.15) is 12.7 Å². The second kappa shape index (κ2) is 12.2. The quantitative estimate of drug-likeness (QED) is 0.267. The van der Waals surface area contributed by atoms with Gasteiger partial charge in [0.05, 0.1) is 18.2 Å². The first-order valence-electron chi connectivity index (χ1n) is 17.7.